The molecule has 0 radical (unpaired) electrons. The third-order valence-corrected chi connectivity index (χ3v) is 9.44. The Bertz CT molecular complexity index is 559. The normalized spacial score (nSPS) is 42.8. The molecule has 2 aliphatic heterocycles. The standard InChI is InChI=1S/C24H39N3O/c28-24(25-21-1-2-21)18-3-7-26(8-4-18)22-5-9-27(10-6-22)23-19-12-16-11-17(14-19)15-20(23)13-16/h16-23H,1-15H2,(H,25,28). The molecule has 0 aromatic heterocycles. The molecule has 5 aliphatic carbocycles. The van der Waals surface area contributed by atoms with Gasteiger partial charge in [0.1, 0.15) is 0 Å². The van der Waals surface area contributed by atoms with Gasteiger partial charge in [-0.3, -0.25) is 9.69 Å². The number of hydrogen-bond donors (Lipinski definition) is 1. The molecular weight excluding hydrogens is 346 g/mol. The Morgan fingerprint density at radius 1 is 0.679 bits per heavy atom. The molecule has 1 N–H and O–H groups in total. The van der Waals surface area contributed by atoms with Crippen LogP contribution in [0.4, 0.5) is 0 Å². The third kappa shape index (κ3) is 3.43. The molecule has 0 spiro atoms. The van der Waals surface area contributed by atoms with Gasteiger partial charge in [0.15, 0.2) is 0 Å². The molecule has 2 saturated heterocycles. The lowest BCUT2D eigenvalue weighted by Gasteiger charge is -2.58. The fourth-order valence-electron chi connectivity index (χ4n) is 8.12. The van der Waals surface area contributed by atoms with Crippen molar-refractivity contribution >= 4 is 5.91 Å². The highest BCUT2D eigenvalue weighted by Crippen LogP contribution is 2.55. The quantitative estimate of drug-likeness (QED) is 0.807. The molecule has 2 heterocycles. The van der Waals surface area contributed by atoms with Crippen LogP contribution in [0, 0.1) is 29.6 Å². The van der Waals surface area contributed by atoms with E-state index in [9.17, 15) is 4.79 Å². The van der Waals surface area contributed by atoms with E-state index < -0.39 is 0 Å². The first-order chi connectivity index (χ1) is 13.7. The summed E-state index contributed by atoms with van der Waals surface area (Å²) in [4.78, 5) is 18.0. The molecule has 7 fully saturated rings. The van der Waals surface area contributed by atoms with Gasteiger partial charge < -0.3 is 10.2 Å². The summed E-state index contributed by atoms with van der Waals surface area (Å²) in [5.74, 6) is 4.88. The number of carbonyl (C=O) groups is 1. The number of piperidine rings is 2. The number of carbonyl (C=O) groups excluding carboxylic acids is 1. The highest BCUT2D eigenvalue weighted by atomic mass is 16.2. The predicted molar refractivity (Wildman–Crippen MR) is 111 cm³/mol. The van der Waals surface area contributed by atoms with E-state index in [0.717, 1.165) is 61.7 Å². The zero-order chi connectivity index (χ0) is 18.7. The highest BCUT2D eigenvalue weighted by Gasteiger charge is 2.50. The molecule has 156 valence electrons. The fraction of sp³-hybridized carbons (Fsp3) is 0.958. The minimum absolute atomic E-state index is 0.282. The second-order valence-corrected chi connectivity index (χ2v) is 11.3. The van der Waals surface area contributed by atoms with Crippen LogP contribution in [0.3, 0.4) is 0 Å². The van der Waals surface area contributed by atoms with Gasteiger partial charge >= 0.3 is 0 Å². The lowest BCUT2D eigenvalue weighted by Crippen LogP contribution is -2.59. The van der Waals surface area contributed by atoms with Crippen LogP contribution in [-0.4, -0.2) is 60.0 Å². The first kappa shape index (κ1) is 18.2. The van der Waals surface area contributed by atoms with E-state index in [4.69, 9.17) is 0 Å². The van der Waals surface area contributed by atoms with Crippen molar-refractivity contribution in [2.45, 2.75) is 88.8 Å². The molecule has 7 aliphatic rings. The Hall–Kier alpha value is -0.610. The predicted octanol–water partition coefficient (Wildman–Crippen LogP) is 3.27. The maximum Gasteiger partial charge on any atom is 0.223 e. The van der Waals surface area contributed by atoms with Crippen molar-refractivity contribution in [3.63, 3.8) is 0 Å². The number of rotatable bonds is 4. The molecule has 4 bridgehead atoms. The summed E-state index contributed by atoms with van der Waals surface area (Å²) in [6.07, 6.45) is 15.0. The smallest absolute Gasteiger partial charge is 0.223 e. The van der Waals surface area contributed by atoms with Gasteiger partial charge in [-0.1, -0.05) is 0 Å². The second kappa shape index (κ2) is 7.27. The first-order valence-corrected chi connectivity index (χ1v) is 12.5. The van der Waals surface area contributed by atoms with Crippen molar-refractivity contribution in [2.75, 3.05) is 26.2 Å². The molecule has 4 nitrogen and oxygen atoms in total. The van der Waals surface area contributed by atoms with E-state index >= 15 is 0 Å². The molecule has 0 atom stereocenters. The summed E-state index contributed by atoms with van der Waals surface area (Å²) in [6, 6.07) is 2.23. The van der Waals surface area contributed by atoms with Crippen molar-refractivity contribution < 1.29 is 4.79 Å². The SMILES string of the molecule is O=C(NC1CC1)C1CCN(C2CCN(C3C4CC5CC(C4)CC3C5)CC2)CC1. The van der Waals surface area contributed by atoms with Gasteiger partial charge in [0, 0.05) is 24.0 Å². The monoisotopic (exact) mass is 385 g/mol. The number of nitrogens with zero attached hydrogens (tertiary/aromatic N) is 2. The maximum absolute atomic E-state index is 12.3. The van der Waals surface area contributed by atoms with Crippen molar-refractivity contribution in [3.8, 4) is 0 Å². The fourth-order valence-corrected chi connectivity index (χ4v) is 8.12. The molecule has 0 aromatic carbocycles. The summed E-state index contributed by atoms with van der Waals surface area (Å²) < 4.78 is 0. The zero-order valence-corrected chi connectivity index (χ0v) is 17.5. The summed E-state index contributed by atoms with van der Waals surface area (Å²) >= 11 is 0. The average molecular weight is 386 g/mol. The Labute approximate surface area is 170 Å². The van der Waals surface area contributed by atoms with Crippen LogP contribution in [0.15, 0.2) is 0 Å². The minimum Gasteiger partial charge on any atom is -0.353 e. The van der Waals surface area contributed by atoms with Crippen LogP contribution in [-0.2, 0) is 4.79 Å². The molecule has 0 aromatic rings. The first-order valence-electron chi connectivity index (χ1n) is 12.5. The molecule has 28 heavy (non-hydrogen) atoms. The Morgan fingerprint density at radius 3 is 1.82 bits per heavy atom. The van der Waals surface area contributed by atoms with Crippen LogP contribution < -0.4 is 5.32 Å². The molecule has 4 heteroatoms. The highest BCUT2D eigenvalue weighted by molar-refractivity contribution is 5.79. The van der Waals surface area contributed by atoms with E-state index in [1.54, 1.807) is 32.1 Å². The van der Waals surface area contributed by atoms with Gasteiger partial charge in [-0.05, 0) is 120 Å². The Balaban J connectivity index is 0.992. The van der Waals surface area contributed by atoms with Crippen molar-refractivity contribution in [2.24, 2.45) is 29.6 Å². The van der Waals surface area contributed by atoms with Crippen molar-refractivity contribution in [1.29, 1.82) is 0 Å². The van der Waals surface area contributed by atoms with Gasteiger partial charge in [0.05, 0.1) is 0 Å². The number of amides is 1. The van der Waals surface area contributed by atoms with Crippen LogP contribution >= 0.6 is 0 Å². The topological polar surface area (TPSA) is 35.6 Å². The van der Waals surface area contributed by atoms with Gasteiger partial charge in [-0.2, -0.15) is 0 Å². The minimum atomic E-state index is 0.282. The maximum atomic E-state index is 12.3. The molecule has 7 rings (SSSR count). The van der Waals surface area contributed by atoms with E-state index in [1.807, 2.05) is 0 Å². The van der Waals surface area contributed by atoms with E-state index in [1.165, 1.54) is 38.8 Å². The van der Waals surface area contributed by atoms with Crippen LogP contribution in [0.25, 0.3) is 0 Å². The van der Waals surface area contributed by atoms with Crippen LogP contribution in [0.2, 0.25) is 0 Å². The lowest BCUT2D eigenvalue weighted by atomic mass is 9.53. The summed E-state index contributed by atoms with van der Waals surface area (Å²) in [6.45, 7) is 4.95. The molecule has 5 saturated carbocycles. The van der Waals surface area contributed by atoms with E-state index in [-0.39, 0.29) is 5.92 Å². The van der Waals surface area contributed by atoms with E-state index in [0.29, 0.717) is 11.9 Å². The van der Waals surface area contributed by atoms with Gasteiger partial charge in [0.2, 0.25) is 5.91 Å². The third-order valence-electron chi connectivity index (χ3n) is 9.44. The van der Waals surface area contributed by atoms with Crippen molar-refractivity contribution in [1.82, 2.24) is 15.1 Å². The number of hydrogen-bond acceptors (Lipinski definition) is 3. The van der Waals surface area contributed by atoms with Gasteiger partial charge in [-0.25, -0.2) is 0 Å². The van der Waals surface area contributed by atoms with Gasteiger partial charge in [-0.15, -0.1) is 0 Å². The van der Waals surface area contributed by atoms with Gasteiger partial charge in [0.25, 0.3) is 0 Å². The average Bonchev–Trinajstić information content (AvgIpc) is 3.52. The number of nitrogens with one attached hydrogen (secondary N) is 1. The Morgan fingerprint density at radius 2 is 1.25 bits per heavy atom. The van der Waals surface area contributed by atoms with Crippen molar-refractivity contribution in [3.05, 3.63) is 0 Å². The van der Waals surface area contributed by atoms with Crippen LogP contribution in [0.5, 0.6) is 0 Å². The lowest BCUT2D eigenvalue weighted by molar-refractivity contribution is -0.127. The summed E-state index contributed by atoms with van der Waals surface area (Å²) in [5.41, 5.74) is 0. The molecular formula is C24H39N3O. The van der Waals surface area contributed by atoms with E-state index in [2.05, 4.69) is 15.1 Å². The zero-order valence-electron chi connectivity index (χ0n) is 17.5. The largest absolute Gasteiger partial charge is 0.353 e. The molecule has 1 amide bonds. The summed E-state index contributed by atoms with van der Waals surface area (Å²) in [7, 11) is 0. The summed E-state index contributed by atoms with van der Waals surface area (Å²) in [5, 5.41) is 3.22. The van der Waals surface area contributed by atoms with Crippen LogP contribution in [0.1, 0.15) is 70.6 Å². The Kier molecular flexibility index (Phi) is 4.72. The second-order valence-electron chi connectivity index (χ2n) is 11.3. The number of likely N-dealkylation sites (tertiary alicyclic amines) is 2. The molecule has 0 unspecified atom stereocenters.